The number of rotatable bonds is 4. The molecule has 1 aliphatic rings. The molecule has 1 aliphatic carbocycles. The summed E-state index contributed by atoms with van der Waals surface area (Å²) in [6.07, 6.45) is 0.731. The number of amides is 1. The lowest BCUT2D eigenvalue weighted by molar-refractivity contribution is -0.121. The van der Waals surface area contributed by atoms with E-state index in [1.165, 1.54) is 16.8 Å². The summed E-state index contributed by atoms with van der Waals surface area (Å²) >= 11 is 0. The van der Waals surface area contributed by atoms with Crippen molar-refractivity contribution in [1.82, 2.24) is 15.2 Å². The highest BCUT2D eigenvalue weighted by Crippen LogP contribution is 2.47. The molecule has 2 aromatic rings. The highest BCUT2D eigenvalue weighted by molar-refractivity contribution is 5.84. The van der Waals surface area contributed by atoms with Crippen LogP contribution in [-0.4, -0.2) is 15.7 Å². The lowest BCUT2D eigenvalue weighted by Crippen LogP contribution is -2.32. The molecule has 7 heteroatoms. The number of nitrogens with one attached hydrogen (secondary N) is 2. The van der Waals surface area contributed by atoms with E-state index in [0.717, 1.165) is 12.0 Å². The number of hydrogen-bond acceptors (Lipinski definition) is 4. The van der Waals surface area contributed by atoms with Gasteiger partial charge in [0.15, 0.2) is 5.82 Å². The zero-order chi connectivity index (χ0) is 16.6. The first-order valence-electron chi connectivity index (χ1n) is 7.26. The average Bonchev–Trinajstić information content (AvgIpc) is 3.26. The number of anilines is 1. The van der Waals surface area contributed by atoms with Crippen LogP contribution in [0.4, 0.5) is 10.2 Å². The van der Waals surface area contributed by atoms with Crippen LogP contribution in [0.25, 0.3) is 0 Å². The van der Waals surface area contributed by atoms with Crippen LogP contribution in [0.1, 0.15) is 29.2 Å². The summed E-state index contributed by atoms with van der Waals surface area (Å²) in [5, 5.41) is 13.3. The molecule has 2 N–H and O–H groups in total. The lowest BCUT2D eigenvalue weighted by atomic mass is 10.1. The average molecular weight is 313 g/mol. The summed E-state index contributed by atoms with van der Waals surface area (Å²) in [6, 6.07) is 8.28. The molecule has 1 aromatic carbocycles. The number of aromatic nitrogens is 2. The molecule has 1 aromatic heterocycles. The molecule has 0 saturated heterocycles. The van der Waals surface area contributed by atoms with Crippen molar-refractivity contribution in [1.29, 1.82) is 5.26 Å². The van der Waals surface area contributed by atoms with Gasteiger partial charge in [-0.1, -0.05) is 12.1 Å². The van der Waals surface area contributed by atoms with E-state index in [2.05, 4.69) is 22.0 Å². The van der Waals surface area contributed by atoms with Crippen LogP contribution in [0.2, 0.25) is 0 Å². The van der Waals surface area contributed by atoms with Crippen molar-refractivity contribution in [2.45, 2.75) is 19.3 Å². The van der Waals surface area contributed by atoms with Gasteiger partial charge in [0, 0.05) is 13.0 Å². The van der Waals surface area contributed by atoms with Gasteiger partial charge >= 0.3 is 0 Å². The van der Waals surface area contributed by atoms with E-state index >= 15 is 0 Å². The summed E-state index contributed by atoms with van der Waals surface area (Å²) in [7, 11) is 1.70. The summed E-state index contributed by atoms with van der Waals surface area (Å²) in [6.45, 7) is 1.73. The van der Waals surface area contributed by atoms with E-state index in [0.29, 0.717) is 17.1 Å². The number of benzene rings is 1. The zero-order valence-electron chi connectivity index (χ0n) is 12.8. The molecule has 118 valence electrons. The van der Waals surface area contributed by atoms with Crippen LogP contribution in [0.3, 0.4) is 0 Å². The zero-order valence-corrected chi connectivity index (χ0v) is 12.8. The minimum Gasteiger partial charge on any atom is -0.281 e. The molecular weight excluding hydrogens is 297 g/mol. The first kappa shape index (κ1) is 15.0. The first-order valence-corrected chi connectivity index (χ1v) is 7.26. The smallest absolute Gasteiger partial charge is 0.242 e. The Morgan fingerprint density at radius 3 is 2.78 bits per heavy atom. The van der Waals surface area contributed by atoms with Gasteiger partial charge in [0.2, 0.25) is 5.91 Å². The molecule has 3 rings (SSSR count). The Hall–Kier alpha value is -2.88. The number of aryl methyl sites for hydroxylation is 2. The summed E-state index contributed by atoms with van der Waals surface area (Å²) in [4.78, 5) is 12.2. The van der Waals surface area contributed by atoms with Crippen molar-refractivity contribution in [2.24, 2.45) is 13.0 Å². The maximum Gasteiger partial charge on any atom is 0.242 e. The predicted octanol–water partition coefficient (Wildman–Crippen LogP) is 1.99. The third-order valence-corrected chi connectivity index (χ3v) is 4.06. The molecule has 0 bridgehead atoms. The van der Waals surface area contributed by atoms with Crippen molar-refractivity contribution in [2.75, 3.05) is 5.43 Å². The van der Waals surface area contributed by atoms with Crippen molar-refractivity contribution < 1.29 is 9.18 Å². The Labute approximate surface area is 132 Å². The largest absolute Gasteiger partial charge is 0.281 e. The Bertz CT molecular complexity index is 790. The molecule has 6 nitrogen and oxygen atoms in total. The monoisotopic (exact) mass is 313 g/mol. The van der Waals surface area contributed by atoms with Crippen molar-refractivity contribution in [3.63, 3.8) is 0 Å². The van der Waals surface area contributed by atoms with Gasteiger partial charge in [-0.25, -0.2) is 4.39 Å². The minimum absolute atomic E-state index is 0.112. The molecule has 1 fully saturated rings. The Morgan fingerprint density at radius 2 is 2.13 bits per heavy atom. The van der Waals surface area contributed by atoms with Gasteiger partial charge < -0.3 is 0 Å². The maximum absolute atomic E-state index is 12.9. The number of nitriles is 1. The van der Waals surface area contributed by atoms with E-state index < -0.39 is 0 Å². The van der Waals surface area contributed by atoms with Crippen molar-refractivity contribution in [3.8, 4) is 6.07 Å². The second kappa shape index (κ2) is 5.72. The molecule has 1 saturated carbocycles. The van der Waals surface area contributed by atoms with Crippen molar-refractivity contribution >= 4 is 11.7 Å². The SMILES string of the molecule is Cc1nn(C)c(NNC(=O)C2CC2c2ccc(F)cc2)c1C#N. The molecular formula is C16H16FN5O. The van der Waals surface area contributed by atoms with Gasteiger partial charge in [-0.3, -0.25) is 20.3 Å². The van der Waals surface area contributed by atoms with Gasteiger partial charge in [0.25, 0.3) is 0 Å². The van der Waals surface area contributed by atoms with E-state index in [1.54, 1.807) is 26.1 Å². The van der Waals surface area contributed by atoms with Crippen LogP contribution >= 0.6 is 0 Å². The van der Waals surface area contributed by atoms with Gasteiger partial charge in [0.1, 0.15) is 17.4 Å². The first-order chi connectivity index (χ1) is 11.0. The fourth-order valence-corrected chi connectivity index (χ4v) is 2.71. The molecule has 0 aliphatic heterocycles. The summed E-state index contributed by atoms with van der Waals surface area (Å²) < 4.78 is 14.4. The quantitative estimate of drug-likeness (QED) is 0.846. The molecule has 1 amide bonds. The van der Waals surface area contributed by atoms with Crippen LogP contribution in [-0.2, 0) is 11.8 Å². The van der Waals surface area contributed by atoms with E-state index in [-0.39, 0.29) is 23.6 Å². The number of hydrogen-bond donors (Lipinski definition) is 2. The number of carbonyl (C=O) groups excluding carboxylic acids is 1. The van der Waals surface area contributed by atoms with Crippen LogP contribution < -0.4 is 10.9 Å². The third-order valence-electron chi connectivity index (χ3n) is 4.06. The number of nitrogens with zero attached hydrogens (tertiary/aromatic N) is 3. The molecule has 0 radical (unpaired) electrons. The van der Waals surface area contributed by atoms with Crippen LogP contribution in [0.15, 0.2) is 24.3 Å². The second-order valence-electron chi connectivity index (χ2n) is 5.66. The molecule has 0 spiro atoms. The van der Waals surface area contributed by atoms with Gasteiger partial charge in [-0.05, 0) is 37.0 Å². The highest BCUT2D eigenvalue weighted by Gasteiger charge is 2.44. The van der Waals surface area contributed by atoms with Crippen LogP contribution in [0.5, 0.6) is 0 Å². The van der Waals surface area contributed by atoms with E-state index in [9.17, 15) is 9.18 Å². The van der Waals surface area contributed by atoms with E-state index in [1.807, 2.05) is 0 Å². The van der Waals surface area contributed by atoms with Crippen molar-refractivity contribution in [3.05, 3.63) is 46.9 Å². The minimum atomic E-state index is -0.285. The highest BCUT2D eigenvalue weighted by atomic mass is 19.1. The topological polar surface area (TPSA) is 82.7 Å². The molecule has 2 unspecified atom stereocenters. The fraction of sp³-hybridized carbons (Fsp3) is 0.312. The maximum atomic E-state index is 12.9. The van der Waals surface area contributed by atoms with E-state index in [4.69, 9.17) is 5.26 Å². The third kappa shape index (κ3) is 2.88. The Balaban J connectivity index is 1.61. The summed E-state index contributed by atoms with van der Waals surface area (Å²) in [5.74, 6) is -0.0130. The molecule has 1 heterocycles. The number of carbonyl (C=O) groups is 1. The lowest BCUT2D eigenvalue weighted by Gasteiger charge is -2.09. The second-order valence-corrected chi connectivity index (χ2v) is 5.66. The Kier molecular flexibility index (Phi) is 3.74. The standard InChI is InChI=1S/C16H16FN5O/c1-9-14(8-18)15(22(2)21-9)19-20-16(23)13-7-12(13)10-3-5-11(17)6-4-10/h3-6,12-13,19H,7H2,1-2H3,(H,20,23). The van der Waals surface area contributed by atoms with Gasteiger partial charge in [0.05, 0.1) is 5.69 Å². The fourth-order valence-electron chi connectivity index (χ4n) is 2.71. The van der Waals surface area contributed by atoms with Gasteiger partial charge in [-0.2, -0.15) is 10.4 Å². The Morgan fingerprint density at radius 1 is 1.43 bits per heavy atom. The number of halogens is 1. The van der Waals surface area contributed by atoms with Gasteiger partial charge in [-0.15, -0.1) is 0 Å². The molecule has 2 atom stereocenters. The predicted molar refractivity (Wildman–Crippen MR) is 81.7 cm³/mol. The summed E-state index contributed by atoms with van der Waals surface area (Å²) in [5.41, 5.74) is 7.36. The van der Waals surface area contributed by atoms with Crippen LogP contribution in [0, 0.1) is 30.0 Å². The number of hydrazine groups is 1. The molecule has 23 heavy (non-hydrogen) atoms. The normalized spacial score (nSPS) is 19.0.